The van der Waals surface area contributed by atoms with Gasteiger partial charge < -0.3 is 5.73 Å². The van der Waals surface area contributed by atoms with Crippen molar-refractivity contribution in [3.8, 4) is 0 Å². The van der Waals surface area contributed by atoms with Crippen LogP contribution in [-0.2, 0) is 6.54 Å². The quantitative estimate of drug-likeness (QED) is 0.834. The van der Waals surface area contributed by atoms with Crippen LogP contribution < -0.4 is 5.73 Å². The predicted molar refractivity (Wildman–Crippen MR) is 82.0 cm³/mol. The molecule has 0 aliphatic rings. The molecule has 2 N–H and O–H groups in total. The Bertz CT molecular complexity index is 547. The van der Waals surface area contributed by atoms with E-state index in [2.05, 4.69) is 36.8 Å². The molecule has 2 rings (SSSR count). The Labute approximate surface area is 115 Å². The lowest BCUT2D eigenvalue weighted by Crippen LogP contribution is -2.30. The topological polar surface area (TPSA) is 42.1 Å². The van der Waals surface area contributed by atoms with Gasteiger partial charge in [0.15, 0.2) is 0 Å². The molecule has 0 aliphatic heterocycles. The smallest absolute Gasteiger partial charge is 0.0767 e. The van der Waals surface area contributed by atoms with Crippen LogP contribution in [-0.4, -0.2) is 23.0 Å². The molecule has 0 saturated heterocycles. The van der Waals surface area contributed by atoms with Crippen LogP contribution in [0.2, 0.25) is 0 Å². The molecule has 19 heavy (non-hydrogen) atoms. The summed E-state index contributed by atoms with van der Waals surface area (Å²) in [7, 11) is 2.18. The first kappa shape index (κ1) is 13.8. The van der Waals surface area contributed by atoms with Crippen LogP contribution in [0.25, 0.3) is 10.9 Å². The number of fused-ring (bicyclic) bond motifs is 1. The highest BCUT2D eigenvalue weighted by Crippen LogP contribution is 2.24. The summed E-state index contributed by atoms with van der Waals surface area (Å²) < 4.78 is 0. The summed E-state index contributed by atoms with van der Waals surface area (Å²) in [6, 6.07) is 8.69. The predicted octanol–water partition coefficient (Wildman–Crippen LogP) is 3.44. The molecule has 102 valence electrons. The largest absolute Gasteiger partial charge is 0.398 e. The molecule has 1 aromatic heterocycles. The van der Waals surface area contributed by atoms with Crippen molar-refractivity contribution >= 4 is 16.6 Å². The number of pyridine rings is 1. The molecule has 0 spiro atoms. The summed E-state index contributed by atoms with van der Waals surface area (Å²) in [6.07, 6.45) is 4.18. The zero-order valence-electron chi connectivity index (χ0n) is 12.1. The molecule has 0 radical (unpaired) electrons. The monoisotopic (exact) mass is 257 g/mol. The molecule has 0 fully saturated rings. The fourth-order valence-corrected chi connectivity index (χ4v) is 2.69. The van der Waals surface area contributed by atoms with Gasteiger partial charge in [0.25, 0.3) is 0 Å². The second-order valence-electron chi connectivity index (χ2n) is 5.10. The maximum Gasteiger partial charge on any atom is 0.0767 e. The van der Waals surface area contributed by atoms with Gasteiger partial charge in [-0.1, -0.05) is 19.9 Å². The molecule has 0 bridgehead atoms. The van der Waals surface area contributed by atoms with Crippen LogP contribution in [0.15, 0.2) is 30.5 Å². The van der Waals surface area contributed by atoms with Crippen LogP contribution >= 0.6 is 0 Å². The van der Waals surface area contributed by atoms with Gasteiger partial charge in [-0.05, 0) is 43.7 Å². The second-order valence-corrected chi connectivity index (χ2v) is 5.10. The number of anilines is 1. The second kappa shape index (κ2) is 6.02. The third-order valence-electron chi connectivity index (χ3n) is 3.87. The summed E-state index contributed by atoms with van der Waals surface area (Å²) >= 11 is 0. The van der Waals surface area contributed by atoms with E-state index < -0.39 is 0 Å². The van der Waals surface area contributed by atoms with E-state index in [0.717, 1.165) is 23.1 Å². The molecule has 0 unspecified atom stereocenters. The van der Waals surface area contributed by atoms with Gasteiger partial charge in [0.1, 0.15) is 0 Å². The van der Waals surface area contributed by atoms with Crippen LogP contribution in [0.4, 0.5) is 5.69 Å². The van der Waals surface area contributed by atoms with Crippen molar-refractivity contribution in [2.24, 2.45) is 0 Å². The highest BCUT2D eigenvalue weighted by atomic mass is 15.1. The van der Waals surface area contributed by atoms with E-state index in [1.54, 1.807) is 0 Å². The number of nitrogens with zero attached hydrogens (tertiary/aromatic N) is 2. The average molecular weight is 257 g/mol. The molecule has 3 nitrogen and oxygen atoms in total. The van der Waals surface area contributed by atoms with E-state index in [1.807, 2.05) is 24.4 Å². The van der Waals surface area contributed by atoms with Gasteiger partial charge in [0.05, 0.1) is 5.52 Å². The van der Waals surface area contributed by atoms with Crippen LogP contribution in [0.3, 0.4) is 0 Å². The molecular weight excluding hydrogens is 234 g/mol. The fourth-order valence-electron chi connectivity index (χ4n) is 2.69. The van der Waals surface area contributed by atoms with E-state index >= 15 is 0 Å². The minimum absolute atomic E-state index is 0.622. The summed E-state index contributed by atoms with van der Waals surface area (Å²) in [4.78, 5) is 6.90. The Morgan fingerprint density at radius 1 is 1.21 bits per heavy atom. The minimum atomic E-state index is 0.622. The number of nitrogen functional groups attached to an aromatic ring is 1. The highest BCUT2D eigenvalue weighted by Gasteiger charge is 2.13. The first-order valence-corrected chi connectivity index (χ1v) is 6.99. The molecule has 3 heteroatoms. The number of aromatic nitrogens is 1. The lowest BCUT2D eigenvalue weighted by atomic mass is 10.1. The molecule has 1 aromatic carbocycles. The van der Waals surface area contributed by atoms with Crippen molar-refractivity contribution in [3.05, 3.63) is 36.0 Å². The number of hydrogen-bond acceptors (Lipinski definition) is 3. The molecule has 0 aliphatic carbocycles. The molecule has 1 heterocycles. The third-order valence-corrected chi connectivity index (χ3v) is 3.87. The first-order chi connectivity index (χ1) is 9.17. The Balaban J connectivity index is 2.33. The van der Waals surface area contributed by atoms with Crippen molar-refractivity contribution in [1.29, 1.82) is 0 Å². The van der Waals surface area contributed by atoms with Gasteiger partial charge in [0.2, 0.25) is 0 Å². The third kappa shape index (κ3) is 2.87. The Morgan fingerprint density at radius 2 is 1.95 bits per heavy atom. The molecule has 0 saturated carbocycles. The zero-order valence-corrected chi connectivity index (χ0v) is 12.1. The summed E-state index contributed by atoms with van der Waals surface area (Å²) in [5, 5.41) is 1.05. The van der Waals surface area contributed by atoms with E-state index in [0.29, 0.717) is 6.04 Å². The van der Waals surface area contributed by atoms with Gasteiger partial charge in [-0.3, -0.25) is 9.88 Å². The summed E-state index contributed by atoms with van der Waals surface area (Å²) in [5.74, 6) is 0. The normalized spacial score (nSPS) is 11.6. The lowest BCUT2D eigenvalue weighted by Gasteiger charge is -2.26. The zero-order chi connectivity index (χ0) is 13.8. The van der Waals surface area contributed by atoms with Crippen LogP contribution in [0.1, 0.15) is 32.3 Å². The first-order valence-electron chi connectivity index (χ1n) is 6.99. The van der Waals surface area contributed by atoms with Crippen molar-refractivity contribution in [2.45, 2.75) is 39.3 Å². The van der Waals surface area contributed by atoms with Crippen molar-refractivity contribution in [1.82, 2.24) is 9.88 Å². The highest BCUT2D eigenvalue weighted by molar-refractivity contribution is 5.92. The van der Waals surface area contributed by atoms with E-state index in [-0.39, 0.29) is 0 Å². The molecule has 2 aromatic rings. The van der Waals surface area contributed by atoms with Gasteiger partial charge in [-0.15, -0.1) is 0 Å². The van der Waals surface area contributed by atoms with Gasteiger partial charge in [-0.2, -0.15) is 0 Å². The maximum absolute atomic E-state index is 6.01. The van der Waals surface area contributed by atoms with Crippen molar-refractivity contribution < 1.29 is 0 Å². The van der Waals surface area contributed by atoms with E-state index in [1.165, 1.54) is 18.4 Å². The number of nitrogens with two attached hydrogens (primary N) is 1. The van der Waals surface area contributed by atoms with Gasteiger partial charge in [-0.25, -0.2) is 0 Å². The van der Waals surface area contributed by atoms with Gasteiger partial charge >= 0.3 is 0 Å². The fraction of sp³-hybridized carbons (Fsp3) is 0.438. The van der Waals surface area contributed by atoms with Crippen molar-refractivity contribution in [3.63, 3.8) is 0 Å². The molecule has 0 amide bonds. The van der Waals surface area contributed by atoms with E-state index in [4.69, 9.17) is 5.73 Å². The van der Waals surface area contributed by atoms with Crippen LogP contribution in [0, 0.1) is 0 Å². The SMILES string of the molecule is CCC(CC)N(C)Cc1ccc(N)c2cccnc12. The summed E-state index contributed by atoms with van der Waals surface area (Å²) in [5.41, 5.74) is 9.09. The number of hydrogen-bond donors (Lipinski definition) is 1. The van der Waals surface area contributed by atoms with Crippen molar-refractivity contribution in [2.75, 3.05) is 12.8 Å². The lowest BCUT2D eigenvalue weighted by molar-refractivity contribution is 0.222. The minimum Gasteiger partial charge on any atom is -0.398 e. The Kier molecular flexibility index (Phi) is 4.38. The number of benzene rings is 1. The molecular formula is C16H23N3. The Hall–Kier alpha value is -1.61. The molecule has 0 atom stereocenters. The standard InChI is InChI=1S/C16H23N3/c1-4-13(5-2)19(3)11-12-8-9-15(17)14-7-6-10-18-16(12)14/h6-10,13H,4-5,11,17H2,1-3H3. The average Bonchev–Trinajstić information content (AvgIpc) is 2.44. The number of rotatable bonds is 5. The van der Waals surface area contributed by atoms with Gasteiger partial charge in [0, 0.05) is 29.9 Å². The summed E-state index contributed by atoms with van der Waals surface area (Å²) in [6.45, 7) is 5.40. The maximum atomic E-state index is 6.01. The van der Waals surface area contributed by atoms with Crippen LogP contribution in [0.5, 0.6) is 0 Å². The van der Waals surface area contributed by atoms with E-state index in [9.17, 15) is 0 Å². The Morgan fingerprint density at radius 3 is 2.63 bits per heavy atom.